The van der Waals surface area contributed by atoms with Gasteiger partial charge in [0.15, 0.2) is 0 Å². The summed E-state index contributed by atoms with van der Waals surface area (Å²) >= 11 is 0. The topological polar surface area (TPSA) is 82.6 Å². The summed E-state index contributed by atoms with van der Waals surface area (Å²) < 4.78 is 10.5. The number of rotatable bonds is 4. The number of esters is 1. The van der Waals surface area contributed by atoms with Crippen molar-refractivity contribution in [2.75, 3.05) is 0 Å². The second-order valence-electron chi connectivity index (χ2n) is 4.61. The predicted molar refractivity (Wildman–Crippen MR) is 78.4 cm³/mol. The highest BCUT2D eigenvalue weighted by Crippen LogP contribution is 2.21. The third kappa shape index (κ3) is 2.67. The van der Waals surface area contributed by atoms with E-state index in [9.17, 15) is 14.9 Å². The van der Waals surface area contributed by atoms with Crippen LogP contribution < -0.4 is 0 Å². The van der Waals surface area contributed by atoms with Gasteiger partial charge in [0.05, 0.1) is 10.5 Å². The van der Waals surface area contributed by atoms with Crippen molar-refractivity contribution in [3.05, 3.63) is 76.0 Å². The van der Waals surface area contributed by atoms with Crippen molar-refractivity contribution in [3.63, 3.8) is 0 Å². The maximum Gasteiger partial charge on any atom is 0.374 e. The molecule has 0 aliphatic carbocycles. The van der Waals surface area contributed by atoms with Gasteiger partial charge in [-0.2, -0.15) is 0 Å². The first-order valence-corrected chi connectivity index (χ1v) is 6.53. The molecule has 0 saturated carbocycles. The molecule has 0 fully saturated rings. The SMILES string of the molecule is O=C(OCc1ccccc1[N+](=O)[O-])c1cc2ccccc2o1. The minimum atomic E-state index is -0.658. The van der Waals surface area contributed by atoms with E-state index in [1.54, 1.807) is 36.4 Å². The van der Waals surface area contributed by atoms with E-state index < -0.39 is 10.9 Å². The fraction of sp³-hybridized carbons (Fsp3) is 0.0625. The molecule has 0 saturated heterocycles. The van der Waals surface area contributed by atoms with Gasteiger partial charge in [0, 0.05) is 11.5 Å². The number of benzene rings is 2. The van der Waals surface area contributed by atoms with Crippen molar-refractivity contribution in [2.24, 2.45) is 0 Å². The van der Waals surface area contributed by atoms with Crippen LogP contribution in [0.5, 0.6) is 0 Å². The standard InChI is InChI=1S/C16H11NO5/c18-16(15-9-11-5-2-4-8-14(11)22-15)21-10-12-6-1-3-7-13(12)17(19)20/h1-9H,10H2. The lowest BCUT2D eigenvalue weighted by molar-refractivity contribution is -0.385. The van der Waals surface area contributed by atoms with Crippen molar-refractivity contribution in [3.8, 4) is 0 Å². The third-order valence-electron chi connectivity index (χ3n) is 3.17. The Morgan fingerprint density at radius 1 is 1.14 bits per heavy atom. The smallest absolute Gasteiger partial charge is 0.374 e. The van der Waals surface area contributed by atoms with Crippen LogP contribution in [0.2, 0.25) is 0 Å². The first-order valence-electron chi connectivity index (χ1n) is 6.53. The van der Waals surface area contributed by atoms with Crippen molar-refractivity contribution in [1.82, 2.24) is 0 Å². The van der Waals surface area contributed by atoms with E-state index in [1.807, 2.05) is 12.1 Å². The molecule has 0 aliphatic rings. The van der Waals surface area contributed by atoms with Crippen LogP contribution >= 0.6 is 0 Å². The average molecular weight is 297 g/mol. The molecule has 0 bridgehead atoms. The van der Waals surface area contributed by atoms with Crippen LogP contribution in [-0.4, -0.2) is 10.9 Å². The quantitative estimate of drug-likeness (QED) is 0.416. The maximum absolute atomic E-state index is 12.0. The van der Waals surface area contributed by atoms with E-state index >= 15 is 0 Å². The molecule has 1 heterocycles. The first-order chi connectivity index (χ1) is 10.6. The van der Waals surface area contributed by atoms with Gasteiger partial charge in [-0.15, -0.1) is 0 Å². The summed E-state index contributed by atoms with van der Waals surface area (Å²) in [6.07, 6.45) is 0. The molecule has 0 N–H and O–H groups in total. The molecule has 3 rings (SSSR count). The van der Waals surface area contributed by atoms with Gasteiger partial charge < -0.3 is 9.15 Å². The van der Waals surface area contributed by atoms with Crippen LogP contribution in [0.4, 0.5) is 5.69 Å². The van der Waals surface area contributed by atoms with Crippen LogP contribution in [-0.2, 0) is 11.3 Å². The first kappa shape index (κ1) is 13.8. The van der Waals surface area contributed by atoms with E-state index in [0.29, 0.717) is 11.1 Å². The van der Waals surface area contributed by atoms with Gasteiger partial charge in [-0.1, -0.05) is 30.3 Å². The number of nitrogens with zero attached hydrogens (tertiary/aromatic N) is 1. The number of para-hydroxylation sites is 2. The summed E-state index contributed by atoms with van der Waals surface area (Å²) in [7, 11) is 0. The number of hydrogen-bond donors (Lipinski definition) is 0. The lowest BCUT2D eigenvalue weighted by atomic mass is 10.2. The molecule has 0 atom stereocenters. The second-order valence-corrected chi connectivity index (χ2v) is 4.61. The van der Waals surface area contributed by atoms with Gasteiger partial charge in [0.25, 0.3) is 5.69 Å². The Kier molecular flexibility index (Phi) is 3.57. The zero-order valence-corrected chi connectivity index (χ0v) is 11.4. The van der Waals surface area contributed by atoms with Crippen molar-refractivity contribution < 1.29 is 18.9 Å². The Bertz CT molecular complexity index is 819. The van der Waals surface area contributed by atoms with Crippen LogP contribution in [0, 0.1) is 10.1 Å². The van der Waals surface area contributed by atoms with Crippen LogP contribution in [0.15, 0.2) is 59.0 Å². The Morgan fingerprint density at radius 3 is 2.64 bits per heavy atom. The van der Waals surface area contributed by atoms with Gasteiger partial charge in [0.2, 0.25) is 5.76 Å². The summed E-state index contributed by atoms with van der Waals surface area (Å²) in [5, 5.41) is 11.7. The van der Waals surface area contributed by atoms with E-state index in [2.05, 4.69) is 0 Å². The number of carbonyl (C=O) groups excluding carboxylic acids is 1. The molecule has 0 spiro atoms. The van der Waals surface area contributed by atoms with E-state index in [0.717, 1.165) is 5.39 Å². The highest BCUT2D eigenvalue weighted by Gasteiger charge is 2.17. The minimum Gasteiger partial charge on any atom is -0.455 e. The Balaban J connectivity index is 1.76. The minimum absolute atomic E-state index is 0.0692. The molecule has 3 aromatic rings. The molecule has 6 heteroatoms. The molecule has 0 unspecified atom stereocenters. The van der Waals surface area contributed by atoms with Gasteiger partial charge in [0.1, 0.15) is 12.2 Å². The van der Waals surface area contributed by atoms with Crippen LogP contribution in [0.25, 0.3) is 11.0 Å². The molecular weight excluding hydrogens is 286 g/mol. The fourth-order valence-corrected chi connectivity index (χ4v) is 2.11. The molecule has 1 aromatic heterocycles. The predicted octanol–water partition coefficient (Wildman–Crippen LogP) is 3.70. The number of hydrogen-bond acceptors (Lipinski definition) is 5. The largest absolute Gasteiger partial charge is 0.455 e. The number of nitro groups is 1. The summed E-state index contributed by atoms with van der Waals surface area (Å²) in [4.78, 5) is 22.4. The summed E-state index contributed by atoms with van der Waals surface area (Å²) in [5.74, 6) is -0.589. The number of nitro benzene ring substituents is 1. The molecule has 2 aromatic carbocycles. The highest BCUT2D eigenvalue weighted by atomic mass is 16.6. The lowest BCUT2D eigenvalue weighted by Crippen LogP contribution is -2.05. The fourth-order valence-electron chi connectivity index (χ4n) is 2.11. The number of carbonyl (C=O) groups is 1. The van der Waals surface area contributed by atoms with E-state index in [4.69, 9.17) is 9.15 Å². The number of fused-ring (bicyclic) bond motifs is 1. The Hall–Kier alpha value is -3.15. The van der Waals surface area contributed by atoms with Gasteiger partial charge >= 0.3 is 5.97 Å². The highest BCUT2D eigenvalue weighted by molar-refractivity contribution is 5.92. The Labute approximate surface area is 125 Å². The van der Waals surface area contributed by atoms with E-state index in [-0.39, 0.29) is 18.1 Å². The van der Waals surface area contributed by atoms with Gasteiger partial charge in [-0.3, -0.25) is 10.1 Å². The maximum atomic E-state index is 12.0. The molecule has 22 heavy (non-hydrogen) atoms. The van der Waals surface area contributed by atoms with Crippen molar-refractivity contribution in [1.29, 1.82) is 0 Å². The molecule has 0 radical (unpaired) electrons. The lowest BCUT2D eigenvalue weighted by Gasteiger charge is -2.03. The Morgan fingerprint density at radius 2 is 1.86 bits per heavy atom. The van der Waals surface area contributed by atoms with Gasteiger partial charge in [-0.05, 0) is 18.2 Å². The molecule has 0 aliphatic heterocycles. The monoisotopic (exact) mass is 297 g/mol. The summed E-state index contributed by atoms with van der Waals surface area (Å²) in [6.45, 7) is -0.187. The molecule has 0 amide bonds. The molecule has 110 valence electrons. The zero-order chi connectivity index (χ0) is 15.5. The van der Waals surface area contributed by atoms with E-state index in [1.165, 1.54) is 6.07 Å². The average Bonchev–Trinajstić information content (AvgIpc) is 2.97. The van der Waals surface area contributed by atoms with Crippen molar-refractivity contribution >= 4 is 22.6 Å². The van der Waals surface area contributed by atoms with Crippen LogP contribution in [0.3, 0.4) is 0 Å². The zero-order valence-electron chi connectivity index (χ0n) is 11.4. The number of ether oxygens (including phenoxy) is 1. The van der Waals surface area contributed by atoms with Crippen LogP contribution in [0.1, 0.15) is 16.1 Å². The number of furan rings is 1. The molecular formula is C16H11NO5. The third-order valence-corrected chi connectivity index (χ3v) is 3.17. The second kappa shape index (κ2) is 5.69. The van der Waals surface area contributed by atoms with Crippen molar-refractivity contribution in [2.45, 2.75) is 6.61 Å². The summed E-state index contributed by atoms with van der Waals surface area (Å²) in [6, 6.07) is 14.9. The normalized spacial score (nSPS) is 10.5. The summed E-state index contributed by atoms with van der Waals surface area (Å²) in [5.41, 5.74) is 0.831. The van der Waals surface area contributed by atoms with Gasteiger partial charge in [-0.25, -0.2) is 4.79 Å². The molecule has 6 nitrogen and oxygen atoms in total.